The summed E-state index contributed by atoms with van der Waals surface area (Å²) >= 11 is 0. The van der Waals surface area contributed by atoms with Gasteiger partial charge >= 0.3 is 0 Å². The first kappa shape index (κ1) is 7.56. The number of rotatable bonds is 1. The van der Waals surface area contributed by atoms with E-state index in [4.69, 9.17) is 4.74 Å². The fourth-order valence-corrected chi connectivity index (χ4v) is 2.43. The number of carbonyl (C=O) groups excluding carboxylic acids is 1. The minimum Gasteiger partial charge on any atom is -0.374 e. The van der Waals surface area contributed by atoms with Crippen LogP contribution in [0.2, 0.25) is 0 Å². The van der Waals surface area contributed by atoms with Crippen LogP contribution in [-0.2, 0) is 9.53 Å². The van der Waals surface area contributed by atoms with Crippen LogP contribution in [0.25, 0.3) is 0 Å². The Kier molecular flexibility index (Phi) is 1.50. The Balaban J connectivity index is 1.75. The average Bonchev–Trinajstić information content (AvgIpc) is 2.69. The Labute approximate surface area is 77.4 Å². The molecule has 70 valence electrons. The number of carbonyl (C=O) groups is 1. The van der Waals surface area contributed by atoms with E-state index < -0.39 is 0 Å². The van der Waals surface area contributed by atoms with Gasteiger partial charge in [0.1, 0.15) is 0 Å². The van der Waals surface area contributed by atoms with E-state index in [-0.39, 0.29) is 5.91 Å². The Morgan fingerprint density at radius 1 is 1.46 bits per heavy atom. The molecular weight excluding hydrogens is 166 g/mol. The number of amides is 1. The van der Waals surface area contributed by atoms with Crippen LogP contribution in [0.15, 0.2) is 11.8 Å². The van der Waals surface area contributed by atoms with Gasteiger partial charge in [0.2, 0.25) is 5.91 Å². The lowest BCUT2D eigenvalue weighted by atomic mass is 9.98. The predicted molar refractivity (Wildman–Crippen MR) is 46.9 cm³/mol. The van der Waals surface area contributed by atoms with Gasteiger partial charge in [-0.3, -0.25) is 4.79 Å². The molecule has 3 rings (SSSR count). The number of hydrogen-bond donors (Lipinski definition) is 0. The van der Waals surface area contributed by atoms with Gasteiger partial charge in [-0.2, -0.15) is 0 Å². The molecule has 1 unspecified atom stereocenters. The Hall–Kier alpha value is -0.830. The second-order valence-corrected chi connectivity index (χ2v) is 4.07. The van der Waals surface area contributed by atoms with Crippen LogP contribution >= 0.6 is 0 Å². The van der Waals surface area contributed by atoms with Crippen LogP contribution in [0.5, 0.6) is 0 Å². The molecule has 0 N–H and O–H groups in total. The number of ether oxygens (including phenoxy) is 1. The minimum atomic E-state index is 0.276. The first-order valence-electron chi connectivity index (χ1n) is 4.98. The molecule has 0 aliphatic carbocycles. The van der Waals surface area contributed by atoms with E-state index in [9.17, 15) is 4.79 Å². The quantitative estimate of drug-likeness (QED) is 0.563. The van der Waals surface area contributed by atoms with Gasteiger partial charge in [-0.25, -0.2) is 0 Å². The maximum absolute atomic E-state index is 11.1. The van der Waals surface area contributed by atoms with Gasteiger partial charge in [0.15, 0.2) is 0 Å². The van der Waals surface area contributed by atoms with E-state index in [0.29, 0.717) is 12.1 Å². The van der Waals surface area contributed by atoms with Crippen LogP contribution in [0.4, 0.5) is 0 Å². The first-order valence-corrected chi connectivity index (χ1v) is 4.98. The lowest BCUT2D eigenvalue weighted by Crippen LogP contribution is -2.45. The maximum Gasteiger partial charge on any atom is 0.228 e. The van der Waals surface area contributed by atoms with Crippen molar-refractivity contribution in [3.05, 3.63) is 11.8 Å². The molecule has 0 saturated carbocycles. The molecule has 2 atom stereocenters. The molecule has 0 aromatic heterocycles. The van der Waals surface area contributed by atoms with Crippen molar-refractivity contribution >= 4 is 5.91 Å². The molecule has 3 heteroatoms. The first-order chi connectivity index (χ1) is 6.34. The second kappa shape index (κ2) is 2.58. The Morgan fingerprint density at radius 3 is 3.00 bits per heavy atom. The molecule has 0 aromatic rings. The van der Waals surface area contributed by atoms with Gasteiger partial charge in [0.05, 0.1) is 6.10 Å². The zero-order valence-corrected chi connectivity index (χ0v) is 7.53. The van der Waals surface area contributed by atoms with Crippen molar-refractivity contribution in [3.63, 3.8) is 0 Å². The molecule has 3 aliphatic heterocycles. The monoisotopic (exact) mass is 179 g/mol. The highest BCUT2D eigenvalue weighted by molar-refractivity contribution is 5.85. The SMILES string of the molecule is O=C1C[C@H]2CC(C3CCCO3)=CN12. The normalized spacial score (nSPS) is 37.4. The van der Waals surface area contributed by atoms with Gasteiger partial charge in [-0.05, 0) is 24.8 Å². The lowest BCUT2D eigenvalue weighted by molar-refractivity contribution is -0.140. The third kappa shape index (κ3) is 1.03. The molecule has 2 saturated heterocycles. The summed E-state index contributed by atoms with van der Waals surface area (Å²) < 4.78 is 5.59. The Morgan fingerprint density at radius 2 is 2.38 bits per heavy atom. The third-order valence-corrected chi connectivity index (χ3v) is 3.21. The van der Waals surface area contributed by atoms with E-state index in [0.717, 1.165) is 25.9 Å². The zero-order valence-electron chi connectivity index (χ0n) is 7.53. The summed E-state index contributed by atoms with van der Waals surface area (Å²) in [5.74, 6) is 0.276. The summed E-state index contributed by atoms with van der Waals surface area (Å²) in [6.07, 6.45) is 6.44. The summed E-state index contributed by atoms with van der Waals surface area (Å²) in [6.45, 7) is 0.890. The summed E-state index contributed by atoms with van der Waals surface area (Å²) in [5.41, 5.74) is 1.34. The number of fused-ring (bicyclic) bond motifs is 1. The average molecular weight is 179 g/mol. The van der Waals surface area contributed by atoms with Gasteiger partial charge in [-0.15, -0.1) is 0 Å². The molecule has 13 heavy (non-hydrogen) atoms. The fraction of sp³-hybridized carbons (Fsp3) is 0.700. The van der Waals surface area contributed by atoms with Crippen LogP contribution < -0.4 is 0 Å². The highest BCUT2D eigenvalue weighted by Crippen LogP contribution is 2.36. The van der Waals surface area contributed by atoms with Crippen molar-refractivity contribution in [2.75, 3.05) is 6.61 Å². The van der Waals surface area contributed by atoms with Crippen LogP contribution in [0, 0.1) is 0 Å². The maximum atomic E-state index is 11.1. The van der Waals surface area contributed by atoms with Crippen molar-refractivity contribution < 1.29 is 9.53 Å². The van der Waals surface area contributed by atoms with Crippen molar-refractivity contribution in [1.29, 1.82) is 0 Å². The predicted octanol–water partition coefficient (Wildman–Crippen LogP) is 1.05. The topological polar surface area (TPSA) is 29.5 Å². The summed E-state index contributed by atoms with van der Waals surface area (Å²) in [7, 11) is 0. The highest BCUT2D eigenvalue weighted by atomic mass is 16.5. The van der Waals surface area contributed by atoms with Crippen molar-refractivity contribution in [3.8, 4) is 0 Å². The molecule has 0 radical (unpaired) electrons. The van der Waals surface area contributed by atoms with Gasteiger partial charge in [0.25, 0.3) is 0 Å². The molecular formula is C10H13NO2. The van der Waals surface area contributed by atoms with E-state index in [1.165, 1.54) is 12.0 Å². The van der Waals surface area contributed by atoms with Gasteiger partial charge in [0, 0.05) is 25.3 Å². The largest absolute Gasteiger partial charge is 0.374 e. The molecule has 3 heterocycles. The summed E-state index contributed by atoms with van der Waals surface area (Å²) in [4.78, 5) is 13.0. The lowest BCUT2D eigenvalue weighted by Gasteiger charge is -2.32. The van der Waals surface area contributed by atoms with E-state index in [2.05, 4.69) is 0 Å². The van der Waals surface area contributed by atoms with E-state index in [1.807, 2.05) is 11.1 Å². The number of hydrogen-bond acceptors (Lipinski definition) is 2. The molecule has 0 spiro atoms. The van der Waals surface area contributed by atoms with Crippen molar-refractivity contribution in [1.82, 2.24) is 4.90 Å². The number of nitrogens with zero attached hydrogens (tertiary/aromatic N) is 1. The van der Waals surface area contributed by atoms with Crippen molar-refractivity contribution in [2.24, 2.45) is 0 Å². The molecule has 1 amide bonds. The molecule has 0 bridgehead atoms. The van der Waals surface area contributed by atoms with Crippen LogP contribution in [0.3, 0.4) is 0 Å². The zero-order chi connectivity index (χ0) is 8.84. The number of β-lactam (4-membered cyclic amide) rings is 1. The molecule has 0 aromatic carbocycles. The third-order valence-electron chi connectivity index (χ3n) is 3.21. The van der Waals surface area contributed by atoms with E-state index >= 15 is 0 Å². The smallest absolute Gasteiger partial charge is 0.228 e. The van der Waals surface area contributed by atoms with E-state index in [1.54, 1.807) is 0 Å². The fourth-order valence-electron chi connectivity index (χ4n) is 2.43. The second-order valence-electron chi connectivity index (χ2n) is 4.07. The minimum absolute atomic E-state index is 0.276. The van der Waals surface area contributed by atoms with Gasteiger partial charge < -0.3 is 9.64 Å². The Bertz CT molecular complexity index is 279. The highest BCUT2D eigenvalue weighted by Gasteiger charge is 2.41. The summed E-state index contributed by atoms with van der Waals surface area (Å²) in [6, 6.07) is 0.478. The van der Waals surface area contributed by atoms with Gasteiger partial charge in [-0.1, -0.05) is 0 Å². The molecule has 3 nitrogen and oxygen atoms in total. The van der Waals surface area contributed by atoms with Crippen LogP contribution in [0.1, 0.15) is 25.7 Å². The molecule has 2 fully saturated rings. The van der Waals surface area contributed by atoms with Crippen molar-refractivity contribution in [2.45, 2.75) is 37.8 Å². The van der Waals surface area contributed by atoms with Crippen LogP contribution in [-0.4, -0.2) is 29.6 Å². The molecule has 3 aliphatic rings. The summed E-state index contributed by atoms with van der Waals surface area (Å²) in [5, 5.41) is 0. The standard InChI is InChI=1S/C10H13NO2/c12-10-5-8-4-7(6-11(8)10)9-2-1-3-13-9/h6,8-9H,1-5H2/t8-,9?/m1/s1.